The number of hydrogen-bond donors (Lipinski definition) is 3. The van der Waals surface area contributed by atoms with Gasteiger partial charge in [-0.1, -0.05) is 38.1 Å². The molecule has 0 aliphatic carbocycles. The molecule has 5 nitrogen and oxygen atoms in total. The van der Waals surface area contributed by atoms with Crippen molar-refractivity contribution in [3.8, 4) is 0 Å². The second-order valence-corrected chi connectivity index (χ2v) is 6.28. The van der Waals surface area contributed by atoms with E-state index < -0.39 is 6.03 Å². The van der Waals surface area contributed by atoms with Gasteiger partial charge in [0.2, 0.25) is 0 Å². The number of carbonyl (C=O) groups excluding carboxylic acids is 1. The molecule has 0 aromatic heterocycles. The summed E-state index contributed by atoms with van der Waals surface area (Å²) in [6.07, 6.45) is 2.06. The molecule has 5 heteroatoms. The standard InChI is InChI=1S/C21H30N4O/c1-3-17-5-9-19(10-6-17)23-13-15-25(21(22)26)16-14-24-20-11-7-18(4-2)8-12-20/h5-12,23-24H,3-4,13-16H2,1-2H3,(H2,22,26). The van der Waals surface area contributed by atoms with Gasteiger partial charge in [0.1, 0.15) is 0 Å². The van der Waals surface area contributed by atoms with Crippen LogP contribution in [0, 0.1) is 0 Å². The summed E-state index contributed by atoms with van der Waals surface area (Å²) >= 11 is 0. The van der Waals surface area contributed by atoms with E-state index in [0.29, 0.717) is 26.2 Å². The van der Waals surface area contributed by atoms with Crippen molar-refractivity contribution in [3.05, 3.63) is 59.7 Å². The van der Waals surface area contributed by atoms with Gasteiger partial charge in [0.15, 0.2) is 0 Å². The lowest BCUT2D eigenvalue weighted by molar-refractivity contribution is 0.211. The molecule has 0 atom stereocenters. The largest absolute Gasteiger partial charge is 0.383 e. The molecule has 2 aromatic rings. The molecule has 2 aromatic carbocycles. The minimum Gasteiger partial charge on any atom is -0.383 e. The third-order valence-corrected chi connectivity index (χ3v) is 4.46. The molecule has 0 unspecified atom stereocenters. The highest BCUT2D eigenvalue weighted by molar-refractivity contribution is 5.72. The summed E-state index contributed by atoms with van der Waals surface area (Å²) in [7, 11) is 0. The molecule has 4 N–H and O–H groups in total. The number of anilines is 2. The fourth-order valence-corrected chi connectivity index (χ4v) is 2.72. The SMILES string of the molecule is CCc1ccc(NCCN(CCNc2ccc(CC)cc2)C(N)=O)cc1. The first-order chi connectivity index (χ1) is 12.6. The number of benzene rings is 2. The number of primary amides is 1. The molecule has 0 saturated carbocycles. The molecule has 0 aliphatic rings. The number of aryl methyl sites for hydroxylation is 2. The van der Waals surface area contributed by atoms with Crippen LogP contribution in [0.3, 0.4) is 0 Å². The minimum atomic E-state index is -0.392. The van der Waals surface area contributed by atoms with Gasteiger partial charge >= 0.3 is 6.03 Å². The number of carbonyl (C=O) groups is 1. The first-order valence-corrected chi connectivity index (χ1v) is 9.32. The van der Waals surface area contributed by atoms with E-state index >= 15 is 0 Å². The zero-order valence-electron chi connectivity index (χ0n) is 15.8. The Hall–Kier alpha value is -2.69. The normalized spacial score (nSPS) is 10.4. The fourth-order valence-electron chi connectivity index (χ4n) is 2.72. The molecule has 2 amide bonds. The van der Waals surface area contributed by atoms with Crippen molar-refractivity contribution < 1.29 is 4.79 Å². The summed E-state index contributed by atoms with van der Waals surface area (Å²) in [5.74, 6) is 0. The predicted molar refractivity (Wildman–Crippen MR) is 110 cm³/mol. The van der Waals surface area contributed by atoms with Crippen LogP contribution in [0.1, 0.15) is 25.0 Å². The molecule has 0 bridgehead atoms. The minimum absolute atomic E-state index is 0.392. The average molecular weight is 354 g/mol. The van der Waals surface area contributed by atoms with Gasteiger partial charge in [-0.3, -0.25) is 0 Å². The highest BCUT2D eigenvalue weighted by Gasteiger charge is 2.08. The fraction of sp³-hybridized carbons (Fsp3) is 0.381. The first-order valence-electron chi connectivity index (χ1n) is 9.32. The summed E-state index contributed by atoms with van der Waals surface area (Å²) < 4.78 is 0. The summed E-state index contributed by atoms with van der Waals surface area (Å²) in [4.78, 5) is 13.3. The summed E-state index contributed by atoms with van der Waals surface area (Å²) in [5.41, 5.74) is 10.2. The monoisotopic (exact) mass is 354 g/mol. The number of nitrogens with two attached hydrogens (primary N) is 1. The van der Waals surface area contributed by atoms with Crippen molar-refractivity contribution in [2.45, 2.75) is 26.7 Å². The lowest BCUT2D eigenvalue weighted by Gasteiger charge is -2.21. The lowest BCUT2D eigenvalue weighted by atomic mass is 10.1. The summed E-state index contributed by atoms with van der Waals surface area (Å²) in [5, 5.41) is 6.66. The van der Waals surface area contributed by atoms with Crippen LogP contribution in [0.25, 0.3) is 0 Å². The molecule has 140 valence electrons. The number of urea groups is 1. The summed E-state index contributed by atoms with van der Waals surface area (Å²) in [6.45, 7) is 6.75. The molecule has 0 heterocycles. The van der Waals surface area contributed by atoms with Gasteiger partial charge in [-0.05, 0) is 48.2 Å². The van der Waals surface area contributed by atoms with Gasteiger partial charge < -0.3 is 21.3 Å². The highest BCUT2D eigenvalue weighted by Crippen LogP contribution is 2.10. The van der Waals surface area contributed by atoms with Crippen molar-refractivity contribution in [1.82, 2.24) is 4.90 Å². The Balaban J connectivity index is 1.74. The van der Waals surface area contributed by atoms with E-state index in [1.807, 2.05) is 0 Å². The molecular weight excluding hydrogens is 324 g/mol. The Labute approximate surface area is 156 Å². The van der Waals surface area contributed by atoms with Crippen molar-refractivity contribution in [2.75, 3.05) is 36.8 Å². The average Bonchev–Trinajstić information content (AvgIpc) is 2.67. The maximum Gasteiger partial charge on any atom is 0.314 e. The molecule has 0 aliphatic heterocycles. The van der Waals surface area contributed by atoms with E-state index in [1.165, 1.54) is 11.1 Å². The van der Waals surface area contributed by atoms with Crippen molar-refractivity contribution >= 4 is 17.4 Å². The Morgan fingerprint density at radius 3 is 1.50 bits per heavy atom. The Morgan fingerprint density at radius 1 is 0.808 bits per heavy atom. The molecule has 0 fully saturated rings. The van der Waals surface area contributed by atoms with E-state index in [9.17, 15) is 4.79 Å². The first kappa shape index (κ1) is 19.6. The molecular formula is C21H30N4O. The third kappa shape index (κ3) is 6.31. The van der Waals surface area contributed by atoms with Crippen LogP contribution < -0.4 is 16.4 Å². The number of amides is 2. The van der Waals surface area contributed by atoms with Gasteiger partial charge in [-0.25, -0.2) is 4.79 Å². The highest BCUT2D eigenvalue weighted by atomic mass is 16.2. The van der Waals surface area contributed by atoms with Crippen LogP contribution in [0.4, 0.5) is 16.2 Å². The zero-order chi connectivity index (χ0) is 18.8. The molecule has 26 heavy (non-hydrogen) atoms. The smallest absolute Gasteiger partial charge is 0.314 e. The molecule has 0 spiro atoms. The second kappa shape index (κ2) is 10.3. The number of nitrogens with zero attached hydrogens (tertiary/aromatic N) is 1. The maximum absolute atomic E-state index is 11.6. The zero-order valence-corrected chi connectivity index (χ0v) is 15.8. The van der Waals surface area contributed by atoms with Crippen LogP contribution in [0.15, 0.2) is 48.5 Å². The van der Waals surface area contributed by atoms with Crippen LogP contribution in [-0.2, 0) is 12.8 Å². The second-order valence-electron chi connectivity index (χ2n) is 6.28. The quantitative estimate of drug-likeness (QED) is 0.609. The number of rotatable bonds is 10. The maximum atomic E-state index is 11.6. The van der Waals surface area contributed by atoms with Gasteiger partial charge in [-0.2, -0.15) is 0 Å². The topological polar surface area (TPSA) is 70.4 Å². The Kier molecular flexibility index (Phi) is 7.80. The van der Waals surface area contributed by atoms with Gasteiger partial charge in [0.05, 0.1) is 0 Å². The van der Waals surface area contributed by atoms with E-state index in [4.69, 9.17) is 5.73 Å². The lowest BCUT2D eigenvalue weighted by Crippen LogP contribution is -2.41. The van der Waals surface area contributed by atoms with Crippen molar-refractivity contribution in [2.24, 2.45) is 5.73 Å². The van der Waals surface area contributed by atoms with Crippen molar-refractivity contribution in [3.63, 3.8) is 0 Å². The van der Waals surface area contributed by atoms with E-state index in [0.717, 1.165) is 24.2 Å². The van der Waals surface area contributed by atoms with Gasteiger partial charge in [0, 0.05) is 37.6 Å². The van der Waals surface area contributed by atoms with Crippen LogP contribution in [0.5, 0.6) is 0 Å². The van der Waals surface area contributed by atoms with E-state index in [2.05, 4.69) is 73.0 Å². The third-order valence-electron chi connectivity index (χ3n) is 4.46. The van der Waals surface area contributed by atoms with Crippen molar-refractivity contribution in [1.29, 1.82) is 0 Å². The van der Waals surface area contributed by atoms with E-state index in [1.54, 1.807) is 4.90 Å². The van der Waals surface area contributed by atoms with E-state index in [-0.39, 0.29) is 0 Å². The predicted octanol–water partition coefficient (Wildman–Crippen LogP) is 3.72. The Morgan fingerprint density at radius 2 is 1.19 bits per heavy atom. The van der Waals surface area contributed by atoms with Gasteiger partial charge in [-0.15, -0.1) is 0 Å². The van der Waals surface area contributed by atoms with Crippen LogP contribution in [-0.4, -0.2) is 37.1 Å². The Bertz CT molecular complexity index is 614. The number of nitrogens with one attached hydrogen (secondary N) is 2. The summed E-state index contributed by atoms with van der Waals surface area (Å²) in [6, 6.07) is 16.3. The van der Waals surface area contributed by atoms with Crippen LogP contribution >= 0.6 is 0 Å². The van der Waals surface area contributed by atoms with Crippen LogP contribution in [0.2, 0.25) is 0 Å². The molecule has 0 saturated heterocycles. The van der Waals surface area contributed by atoms with Gasteiger partial charge in [0.25, 0.3) is 0 Å². The number of hydrogen-bond acceptors (Lipinski definition) is 3. The molecule has 0 radical (unpaired) electrons. The molecule has 2 rings (SSSR count).